The number of hydrogen-bond acceptors (Lipinski definition) is 5. The van der Waals surface area contributed by atoms with Crippen molar-refractivity contribution in [3.05, 3.63) is 94.1 Å². The van der Waals surface area contributed by atoms with Gasteiger partial charge in [0, 0.05) is 22.3 Å². The molecule has 0 radical (unpaired) electrons. The van der Waals surface area contributed by atoms with Crippen LogP contribution >= 0.6 is 15.9 Å². The first-order valence-electron chi connectivity index (χ1n) is 10.8. The number of carbonyl (C=O) groups is 1. The Labute approximate surface area is 208 Å². The number of rotatable bonds is 6. The standard InChI is InChI=1S/C25H20BrF2N5O2/c26-17-4-9-20(10-5-17)33-30-23(16-1-6-18(27)7-2-16)24(31-33)25-32(22(34)14-35-25)12-11-15-3-8-19(29)13-21(15)28/h1-10,13,25H,11-12,14,29H2/t25-/m0/s1. The highest BCUT2D eigenvalue weighted by molar-refractivity contribution is 9.10. The lowest BCUT2D eigenvalue weighted by molar-refractivity contribution is -0.128. The molecule has 1 atom stereocenters. The summed E-state index contributed by atoms with van der Waals surface area (Å²) in [7, 11) is 0. The Morgan fingerprint density at radius 3 is 2.49 bits per heavy atom. The second-order valence-corrected chi connectivity index (χ2v) is 8.97. The van der Waals surface area contributed by atoms with E-state index in [0.717, 1.165) is 4.47 Å². The van der Waals surface area contributed by atoms with Gasteiger partial charge in [-0.2, -0.15) is 4.80 Å². The van der Waals surface area contributed by atoms with Crippen LogP contribution in [0, 0.1) is 11.6 Å². The number of ether oxygens (including phenoxy) is 1. The molecule has 3 aromatic carbocycles. The average molecular weight is 540 g/mol. The largest absolute Gasteiger partial charge is 0.399 e. The summed E-state index contributed by atoms with van der Waals surface area (Å²) in [6.45, 7) is 0.0707. The predicted octanol–water partition coefficient (Wildman–Crippen LogP) is 4.66. The highest BCUT2D eigenvalue weighted by Gasteiger charge is 2.37. The third-order valence-electron chi connectivity index (χ3n) is 5.72. The van der Waals surface area contributed by atoms with Crippen molar-refractivity contribution < 1.29 is 18.3 Å². The van der Waals surface area contributed by atoms with E-state index >= 15 is 0 Å². The lowest BCUT2D eigenvalue weighted by atomic mass is 10.1. The minimum absolute atomic E-state index is 0.136. The molecule has 0 spiro atoms. The summed E-state index contributed by atoms with van der Waals surface area (Å²) in [4.78, 5) is 15.7. The second-order valence-electron chi connectivity index (χ2n) is 8.06. The fourth-order valence-corrected chi connectivity index (χ4v) is 4.18. The number of carbonyl (C=O) groups excluding carboxylic acids is 1. The molecule has 1 amide bonds. The van der Waals surface area contributed by atoms with Crippen molar-refractivity contribution in [2.45, 2.75) is 12.6 Å². The van der Waals surface area contributed by atoms with Crippen molar-refractivity contribution in [2.75, 3.05) is 18.9 Å². The van der Waals surface area contributed by atoms with Gasteiger partial charge in [-0.3, -0.25) is 4.79 Å². The molecule has 0 aliphatic carbocycles. The summed E-state index contributed by atoms with van der Waals surface area (Å²) >= 11 is 3.41. The Morgan fingerprint density at radius 1 is 1.03 bits per heavy atom. The maximum absolute atomic E-state index is 14.3. The zero-order valence-corrected chi connectivity index (χ0v) is 20.0. The van der Waals surface area contributed by atoms with Gasteiger partial charge in [0.2, 0.25) is 0 Å². The lowest BCUT2D eigenvalue weighted by Crippen LogP contribution is -2.31. The van der Waals surface area contributed by atoms with Crippen LogP contribution in [0.2, 0.25) is 0 Å². The fourth-order valence-electron chi connectivity index (χ4n) is 3.92. The topological polar surface area (TPSA) is 86.3 Å². The second kappa shape index (κ2) is 9.55. The number of nitrogen functional groups attached to an aromatic ring is 1. The molecular formula is C25H20BrF2N5O2. The fraction of sp³-hybridized carbons (Fsp3) is 0.160. The van der Waals surface area contributed by atoms with Crippen LogP contribution in [0.4, 0.5) is 14.5 Å². The minimum Gasteiger partial charge on any atom is -0.399 e. The highest BCUT2D eigenvalue weighted by atomic mass is 79.9. The molecule has 4 aromatic rings. The van der Waals surface area contributed by atoms with E-state index in [1.165, 1.54) is 27.9 Å². The molecule has 35 heavy (non-hydrogen) atoms. The normalized spacial score (nSPS) is 15.7. The third-order valence-corrected chi connectivity index (χ3v) is 6.24. The Hall–Kier alpha value is -3.63. The van der Waals surface area contributed by atoms with E-state index in [9.17, 15) is 13.6 Å². The highest BCUT2D eigenvalue weighted by Crippen LogP contribution is 2.34. The molecule has 1 aliphatic rings. The molecule has 10 heteroatoms. The molecule has 1 saturated heterocycles. The van der Waals surface area contributed by atoms with Crippen LogP contribution in [-0.4, -0.2) is 39.0 Å². The quantitative estimate of drug-likeness (QED) is 0.360. The van der Waals surface area contributed by atoms with Gasteiger partial charge in [-0.15, -0.1) is 10.2 Å². The van der Waals surface area contributed by atoms with E-state index < -0.39 is 12.0 Å². The average Bonchev–Trinajstić information content (AvgIpc) is 3.43. The van der Waals surface area contributed by atoms with E-state index in [2.05, 4.69) is 26.1 Å². The summed E-state index contributed by atoms with van der Waals surface area (Å²) in [5.74, 6) is -1.05. The van der Waals surface area contributed by atoms with Gasteiger partial charge in [0.05, 0.1) is 5.69 Å². The van der Waals surface area contributed by atoms with Crippen LogP contribution in [0.3, 0.4) is 0 Å². The molecule has 1 aliphatic heterocycles. The predicted molar refractivity (Wildman–Crippen MR) is 129 cm³/mol. The SMILES string of the molecule is Nc1ccc(CCN2C(=O)CO[C@H]2c2nn(-c3ccc(Br)cc3)nc2-c2ccc(F)cc2)c(F)c1. The Morgan fingerprint density at radius 2 is 1.77 bits per heavy atom. The number of amides is 1. The molecule has 2 heterocycles. The maximum Gasteiger partial charge on any atom is 0.251 e. The van der Waals surface area contributed by atoms with Gasteiger partial charge >= 0.3 is 0 Å². The van der Waals surface area contributed by atoms with Gasteiger partial charge in [0.15, 0.2) is 6.23 Å². The lowest BCUT2D eigenvalue weighted by Gasteiger charge is -2.22. The third kappa shape index (κ3) is 4.80. The first-order valence-corrected chi connectivity index (χ1v) is 11.6. The van der Waals surface area contributed by atoms with Crippen LogP contribution in [0.5, 0.6) is 0 Å². The molecule has 178 valence electrons. The van der Waals surface area contributed by atoms with Gasteiger partial charge in [-0.1, -0.05) is 22.0 Å². The Balaban J connectivity index is 1.51. The Bertz CT molecular complexity index is 1380. The maximum atomic E-state index is 14.3. The van der Waals surface area contributed by atoms with E-state index in [1.807, 2.05) is 24.3 Å². The molecule has 0 saturated carbocycles. The van der Waals surface area contributed by atoms with Gasteiger partial charge in [-0.05, 0) is 72.6 Å². The summed E-state index contributed by atoms with van der Waals surface area (Å²) in [5, 5.41) is 9.28. The number of hydrogen-bond donors (Lipinski definition) is 1. The van der Waals surface area contributed by atoms with E-state index in [4.69, 9.17) is 10.5 Å². The van der Waals surface area contributed by atoms with Crippen LogP contribution in [0.25, 0.3) is 16.9 Å². The van der Waals surface area contributed by atoms with Crippen molar-refractivity contribution in [3.8, 4) is 16.9 Å². The number of nitrogens with two attached hydrogens (primary N) is 1. The molecular weight excluding hydrogens is 520 g/mol. The minimum atomic E-state index is -0.830. The molecule has 0 bridgehead atoms. The van der Waals surface area contributed by atoms with Gasteiger partial charge < -0.3 is 15.4 Å². The number of nitrogens with zero attached hydrogens (tertiary/aromatic N) is 4. The van der Waals surface area contributed by atoms with Crippen molar-refractivity contribution in [1.29, 1.82) is 0 Å². The number of anilines is 1. The molecule has 2 N–H and O–H groups in total. The van der Waals surface area contributed by atoms with E-state index in [1.54, 1.807) is 24.3 Å². The monoisotopic (exact) mass is 539 g/mol. The van der Waals surface area contributed by atoms with Crippen molar-refractivity contribution in [1.82, 2.24) is 19.9 Å². The Kier molecular flexibility index (Phi) is 6.31. The van der Waals surface area contributed by atoms with Gasteiger partial charge in [-0.25, -0.2) is 8.78 Å². The van der Waals surface area contributed by atoms with Crippen LogP contribution < -0.4 is 5.73 Å². The summed E-state index contributed by atoms with van der Waals surface area (Å²) in [6.07, 6.45) is -0.562. The van der Waals surface area contributed by atoms with Crippen molar-refractivity contribution in [3.63, 3.8) is 0 Å². The number of aromatic nitrogens is 3. The first-order chi connectivity index (χ1) is 16.9. The van der Waals surface area contributed by atoms with E-state index in [0.29, 0.717) is 33.9 Å². The van der Waals surface area contributed by atoms with Crippen LogP contribution in [-0.2, 0) is 16.0 Å². The van der Waals surface area contributed by atoms with Crippen molar-refractivity contribution in [2.24, 2.45) is 0 Å². The van der Waals surface area contributed by atoms with E-state index in [-0.39, 0.29) is 31.3 Å². The molecule has 1 aromatic heterocycles. The zero-order valence-electron chi connectivity index (χ0n) is 18.4. The molecule has 5 rings (SSSR count). The zero-order chi connectivity index (χ0) is 24.5. The van der Waals surface area contributed by atoms with Gasteiger partial charge in [0.25, 0.3) is 5.91 Å². The first kappa shape index (κ1) is 23.1. The molecule has 7 nitrogen and oxygen atoms in total. The van der Waals surface area contributed by atoms with Crippen LogP contribution in [0.1, 0.15) is 17.5 Å². The smallest absolute Gasteiger partial charge is 0.251 e. The number of halogens is 3. The van der Waals surface area contributed by atoms with Crippen LogP contribution in [0.15, 0.2) is 71.2 Å². The summed E-state index contributed by atoms with van der Waals surface area (Å²) < 4.78 is 34.6. The number of benzene rings is 3. The molecule has 1 fully saturated rings. The summed E-state index contributed by atoms with van der Waals surface area (Å²) in [5.41, 5.74) is 8.59. The van der Waals surface area contributed by atoms with Crippen molar-refractivity contribution >= 4 is 27.5 Å². The summed E-state index contributed by atoms with van der Waals surface area (Å²) in [6, 6.07) is 17.7. The molecule has 0 unspecified atom stereocenters. The van der Waals surface area contributed by atoms with Gasteiger partial charge in [0.1, 0.15) is 29.6 Å².